The minimum Gasteiger partial charge on any atom is -0.449 e. The van der Waals surface area contributed by atoms with Crippen molar-refractivity contribution in [2.24, 2.45) is 0 Å². The highest BCUT2D eigenvalue weighted by atomic mass is 19.1. The molecule has 0 aliphatic carbocycles. The lowest BCUT2D eigenvalue weighted by Crippen LogP contribution is -2.44. The largest absolute Gasteiger partial charge is 0.449 e. The Labute approximate surface area is 142 Å². The minimum absolute atomic E-state index is 0.0873. The molecule has 132 valence electrons. The Morgan fingerprint density at radius 3 is 2.60 bits per heavy atom. The Balaban J connectivity index is 2.06. The maximum atomic E-state index is 13.0. The Kier molecular flexibility index (Phi) is 5.83. The van der Waals surface area contributed by atoms with Crippen molar-refractivity contribution in [2.75, 3.05) is 6.54 Å². The van der Waals surface area contributed by atoms with Crippen molar-refractivity contribution >= 4 is 17.9 Å². The highest BCUT2D eigenvalue weighted by Gasteiger charge is 2.23. The highest BCUT2D eigenvalue weighted by Crippen LogP contribution is 2.22. The van der Waals surface area contributed by atoms with Crippen LogP contribution in [0.2, 0.25) is 0 Å². The summed E-state index contributed by atoms with van der Waals surface area (Å²) in [6.07, 6.45) is 0.0567. The van der Waals surface area contributed by atoms with Crippen LogP contribution in [0.3, 0.4) is 0 Å². The summed E-state index contributed by atoms with van der Waals surface area (Å²) in [4.78, 5) is 35.4. The molecule has 1 atom stereocenters. The number of rotatable bonds is 5. The molecular formula is C16H17FN4O4. The molecule has 0 bridgehead atoms. The second-order valence-corrected chi connectivity index (χ2v) is 5.06. The lowest BCUT2D eigenvalue weighted by molar-refractivity contribution is -0.127. The number of amides is 3. The lowest BCUT2D eigenvalue weighted by Gasteiger charge is -2.13. The fraction of sp³-hybridized carbons (Fsp3) is 0.250. The molecule has 9 heteroatoms. The first-order valence-corrected chi connectivity index (χ1v) is 7.51. The first-order valence-electron chi connectivity index (χ1n) is 7.51. The quantitative estimate of drug-likeness (QED) is 0.711. The Morgan fingerprint density at radius 1 is 1.28 bits per heavy atom. The van der Waals surface area contributed by atoms with Gasteiger partial charge in [0.25, 0.3) is 5.91 Å². The number of H-pyrrole nitrogens is 1. The number of carbonyl (C=O) groups is 3. The smallest absolute Gasteiger partial charge is 0.342 e. The molecule has 2 aromatic rings. The number of aromatic nitrogens is 2. The number of aromatic amines is 1. The molecule has 2 rings (SSSR count). The van der Waals surface area contributed by atoms with E-state index in [0.29, 0.717) is 17.8 Å². The van der Waals surface area contributed by atoms with Crippen LogP contribution < -0.4 is 10.6 Å². The second-order valence-electron chi connectivity index (χ2n) is 5.06. The maximum Gasteiger partial charge on any atom is 0.342 e. The van der Waals surface area contributed by atoms with E-state index in [1.807, 2.05) is 0 Å². The number of ether oxygens (including phenoxy) is 1. The van der Waals surface area contributed by atoms with Crippen molar-refractivity contribution in [1.29, 1.82) is 0 Å². The molecule has 0 saturated carbocycles. The fourth-order valence-electron chi connectivity index (χ4n) is 1.97. The molecule has 25 heavy (non-hydrogen) atoms. The van der Waals surface area contributed by atoms with Gasteiger partial charge < -0.3 is 10.1 Å². The molecule has 3 N–H and O–H groups in total. The number of carbonyl (C=O) groups excluding carboxylic acids is 3. The van der Waals surface area contributed by atoms with E-state index in [1.54, 1.807) is 6.92 Å². The van der Waals surface area contributed by atoms with E-state index < -0.39 is 29.8 Å². The summed E-state index contributed by atoms with van der Waals surface area (Å²) in [6.45, 7) is 3.39. The normalized spacial score (nSPS) is 11.5. The van der Waals surface area contributed by atoms with Gasteiger partial charge in [-0.05, 0) is 38.1 Å². The van der Waals surface area contributed by atoms with Crippen LogP contribution in [0.1, 0.15) is 24.2 Å². The predicted molar refractivity (Wildman–Crippen MR) is 86.1 cm³/mol. The van der Waals surface area contributed by atoms with Crippen molar-refractivity contribution in [1.82, 2.24) is 20.8 Å². The molecule has 0 fully saturated rings. The van der Waals surface area contributed by atoms with Gasteiger partial charge in [0.1, 0.15) is 11.4 Å². The number of urea groups is 1. The van der Waals surface area contributed by atoms with Crippen LogP contribution in [0.4, 0.5) is 9.18 Å². The highest BCUT2D eigenvalue weighted by molar-refractivity contribution is 6.00. The molecular weight excluding hydrogens is 331 g/mol. The average Bonchev–Trinajstić information content (AvgIpc) is 3.05. The number of nitrogens with one attached hydrogen (secondary N) is 3. The summed E-state index contributed by atoms with van der Waals surface area (Å²) in [7, 11) is 0. The van der Waals surface area contributed by atoms with Gasteiger partial charge in [0.2, 0.25) is 0 Å². The third-order valence-electron chi connectivity index (χ3n) is 3.22. The molecule has 1 aromatic heterocycles. The van der Waals surface area contributed by atoms with E-state index >= 15 is 0 Å². The number of benzene rings is 1. The molecule has 0 saturated heterocycles. The molecule has 8 nitrogen and oxygen atoms in total. The predicted octanol–water partition coefficient (Wildman–Crippen LogP) is 1.61. The second kappa shape index (κ2) is 8.04. The van der Waals surface area contributed by atoms with Gasteiger partial charge in [0.15, 0.2) is 6.10 Å². The molecule has 1 heterocycles. The molecule has 1 aromatic carbocycles. The monoisotopic (exact) mass is 348 g/mol. The van der Waals surface area contributed by atoms with E-state index in [-0.39, 0.29) is 5.56 Å². The van der Waals surface area contributed by atoms with Crippen molar-refractivity contribution < 1.29 is 23.5 Å². The number of nitrogens with zero attached hydrogens (tertiary/aromatic N) is 1. The SMILES string of the molecule is CCNC(=O)NC(=O)[C@@H](C)OC(=O)c1cn[nH]c1-c1ccc(F)cc1. The third kappa shape index (κ3) is 4.63. The standard InChI is InChI=1S/C16H17FN4O4/c1-3-18-16(24)20-14(22)9(2)25-15(23)12-8-19-21-13(12)10-4-6-11(17)7-5-10/h4-9H,3H2,1-2H3,(H,19,21)(H2,18,20,22,24)/t9-/m1/s1. The van der Waals surface area contributed by atoms with Crippen LogP contribution in [0.25, 0.3) is 11.3 Å². The summed E-state index contributed by atoms with van der Waals surface area (Å²) >= 11 is 0. The number of hydrogen-bond donors (Lipinski definition) is 3. The van der Waals surface area contributed by atoms with E-state index in [0.717, 1.165) is 0 Å². The van der Waals surface area contributed by atoms with Gasteiger partial charge in [-0.2, -0.15) is 5.10 Å². The van der Waals surface area contributed by atoms with Gasteiger partial charge >= 0.3 is 12.0 Å². The number of imide groups is 1. The van der Waals surface area contributed by atoms with Gasteiger partial charge in [0, 0.05) is 12.1 Å². The van der Waals surface area contributed by atoms with Gasteiger partial charge in [-0.15, -0.1) is 0 Å². The van der Waals surface area contributed by atoms with Crippen LogP contribution in [0, 0.1) is 5.82 Å². The number of halogens is 1. The van der Waals surface area contributed by atoms with Crippen LogP contribution in [-0.2, 0) is 9.53 Å². The van der Waals surface area contributed by atoms with Gasteiger partial charge in [-0.25, -0.2) is 14.0 Å². The lowest BCUT2D eigenvalue weighted by atomic mass is 10.1. The Hall–Kier alpha value is -3.23. The van der Waals surface area contributed by atoms with E-state index in [9.17, 15) is 18.8 Å². The van der Waals surface area contributed by atoms with Crippen LogP contribution in [0.15, 0.2) is 30.5 Å². The van der Waals surface area contributed by atoms with Crippen molar-refractivity contribution in [3.8, 4) is 11.3 Å². The van der Waals surface area contributed by atoms with Gasteiger partial charge in [-0.1, -0.05) is 0 Å². The van der Waals surface area contributed by atoms with E-state index in [1.165, 1.54) is 37.4 Å². The van der Waals surface area contributed by atoms with Crippen LogP contribution in [-0.4, -0.2) is 40.8 Å². The van der Waals surface area contributed by atoms with Gasteiger partial charge in [-0.3, -0.25) is 15.2 Å². The summed E-state index contributed by atoms with van der Waals surface area (Å²) in [6, 6.07) is 4.77. The van der Waals surface area contributed by atoms with E-state index in [4.69, 9.17) is 4.74 Å². The van der Waals surface area contributed by atoms with Crippen LogP contribution >= 0.6 is 0 Å². The molecule has 0 radical (unpaired) electrons. The maximum absolute atomic E-state index is 13.0. The summed E-state index contributed by atoms with van der Waals surface area (Å²) in [5.41, 5.74) is 0.955. The summed E-state index contributed by atoms with van der Waals surface area (Å²) in [5, 5.41) is 10.9. The number of hydrogen-bond acceptors (Lipinski definition) is 5. The Bertz CT molecular complexity index is 773. The topological polar surface area (TPSA) is 113 Å². The van der Waals surface area contributed by atoms with Crippen LogP contribution in [0.5, 0.6) is 0 Å². The first-order chi connectivity index (χ1) is 11.9. The zero-order chi connectivity index (χ0) is 18.4. The molecule has 0 spiro atoms. The van der Waals surface area contributed by atoms with Crippen molar-refractivity contribution in [3.05, 3.63) is 41.8 Å². The van der Waals surface area contributed by atoms with E-state index in [2.05, 4.69) is 20.8 Å². The van der Waals surface area contributed by atoms with Gasteiger partial charge in [0.05, 0.1) is 11.9 Å². The summed E-state index contributed by atoms with van der Waals surface area (Å²) in [5.74, 6) is -1.97. The Morgan fingerprint density at radius 2 is 1.96 bits per heavy atom. The molecule has 3 amide bonds. The van der Waals surface area contributed by atoms with Crippen molar-refractivity contribution in [3.63, 3.8) is 0 Å². The zero-order valence-electron chi connectivity index (χ0n) is 13.6. The molecule has 0 aliphatic rings. The minimum atomic E-state index is -1.19. The summed E-state index contributed by atoms with van der Waals surface area (Å²) < 4.78 is 18.1. The average molecular weight is 348 g/mol. The first kappa shape index (κ1) is 18.1. The zero-order valence-corrected chi connectivity index (χ0v) is 13.6. The molecule has 0 aliphatic heterocycles. The third-order valence-corrected chi connectivity index (χ3v) is 3.22. The van der Waals surface area contributed by atoms with Crippen molar-refractivity contribution in [2.45, 2.75) is 20.0 Å². The number of esters is 1. The molecule has 0 unspecified atom stereocenters. The fourth-order valence-corrected chi connectivity index (χ4v) is 1.97.